The van der Waals surface area contributed by atoms with Gasteiger partial charge in [-0.15, -0.1) is 0 Å². The second-order valence-corrected chi connectivity index (χ2v) is 6.84. The van der Waals surface area contributed by atoms with Gasteiger partial charge in [0.2, 0.25) is 0 Å². The summed E-state index contributed by atoms with van der Waals surface area (Å²) in [6.07, 6.45) is 7.26. The molecule has 5 nitrogen and oxygen atoms in total. The van der Waals surface area contributed by atoms with Crippen molar-refractivity contribution in [3.05, 3.63) is 51.6 Å². The number of imidazole rings is 1. The third-order valence-electron chi connectivity index (χ3n) is 4.46. The Hall–Kier alpha value is -1.66. The summed E-state index contributed by atoms with van der Waals surface area (Å²) in [5, 5.41) is 11.2. The summed E-state index contributed by atoms with van der Waals surface area (Å²) < 4.78 is 3.20. The lowest BCUT2D eigenvalue weighted by Gasteiger charge is -2.23. The number of aryl methyl sites for hydroxylation is 2. The molecule has 1 aliphatic rings. The Kier molecular flexibility index (Phi) is 3.50. The predicted molar refractivity (Wildman–Crippen MR) is 88.9 cm³/mol. The van der Waals surface area contributed by atoms with E-state index in [1.165, 1.54) is 22.6 Å². The van der Waals surface area contributed by atoms with Crippen molar-refractivity contribution >= 4 is 21.6 Å². The highest BCUT2D eigenvalue weighted by Crippen LogP contribution is 2.22. The van der Waals surface area contributed by atoms with Gasteiger partial charge >= 0.3 is 0 Å². The molecule has 3 aromatic heterocycles. The van der Waals surface area contributed by atoms with Crippen LogP contribution in [0.2, 0.25) is 0 Å². The van der Waals surface area contributed by atoms with Crippen molar-refractivity contribution in [1.82, 2.24) is 24.9 Å². The minimum absolute atomic E-state index is 0.501. The van der Waals surface area contributed by atoms with Gasteiger partial charge in [-0.05, 0) is 59.8 Å². The maximum absolute atomic E-state index is 4.45. The number of hydrogen-bond acceptors (Lipinski definition) is 3. The van der Waals surface area contributed by atoms with Gasteiger partial charge in [0, 0.05) is 29.0 Å². The zero-order valence-corrected chi connectivity index (χ0v) is 14.0. The zero-order valence-electron chi connectivity index (χ0n) is 12.4. The fourth-order valence-electron chi connectivity index (χ4n) is 3.20. The van der Waals surface area contributed by atoms with Crippen LogP contribution >= 0.6 is 15.9 Å². The number of rotatable bonds is 3. The number of fused-ring (bicyclic) bond motifs is 2. The molecule has 3 aromatic rings. The molecule has 0 amide bonds. The molecule has 0 fully saturated rings. The zero-order chi connectivity index (χ0) is 15.1. The minimum Gasteiger partial charge on any atom is -0.308 e. The molecule has 1 atom stereocenters. The van der Waals surface area contributed by atoms with Crippen molar-refractivity contribution in [3.8, 4) is 0 Å². The van der Waals surface area contributed by atoms with Crippen molar-refractivity contribution in [1.29, 1.82) is 0 Å². The van der Waals surface area contributed by atoms with Gasteiger partial charge in [-0.25, -0.2) is 4.98 Å². The third kappa shape index (κ3) is 2.46. The van der Waals surface area contributed by atoms with Crippen LogP contribution in [0, 0.1) is 6.92 Å². The Morgan fingerprint density at radius 1 is 1.45 bits per heavy atom. The Bertz CT molecular complexity index is 819. The molecule has 0 radical (unpaired) electrons. The molecule has 0 aromatic carbocycles. The van der Waals surface area contributed by atoms with E-state index in [-0.39, 0.29) is 0 Å². The summed E-state index contributed by atoms with van der Waals surface area (Å²) in [6, 6.07) is 4.54. The smallest absolute Gasteiger partial charge is 0.136 e. The van der Waals surface area contributed by atoms with Gasteiger partial charge in [0.25, 0.3) is 0 Å². The fraction of sp³-hybridized carbons (Fsp3) is 0.375. The van der Waals surface area contributed by atoms with E-state index < -0.39 is 0 Å². The van der Waals surface area contributed by atoms with Crippen molar-refractivity contribution in [3.63, 3.8) is 0 Å². The number of aromatic nitrogens is 4. The summed E-state index contributed by atoms with van der Waals surface area (Å²) in [6.45, 7) is 2.94. The van der Waals surface area contributed by atoms with Crippen LogP contribution < -0.4 is 5.32 Å². The van der Waals surface area contributed by atoms with Gasteiger partial charge in [-0.2, -0.15) is 5.10 Å². The van der Waals surface area contributed by atoms with Crippen LogP contribution in [-0.2, 0) is 19.4 Å². The quantitative estimate of drug-likeness (QED) is 0.755. The first-order valence-electron chi connectivity index (χ1n) is 7.58. The van der Waals surface area contributed by atoms with Gasteiger partial charge in [0.15, 0.2) is 0 Å². The van der Waals surface area contributed by atoms with Crippen molar-refractivity contribution in [2.45, 2.75) is 38.8 Å². The number of aromatic amines is 1. The summed E-state index contributed by atoms with van der Waals surface area (Å²) in [5.41, 5.74) is 6.02. The number of H-pyrrole nitrogens is 1. The average molecular weight is 360 g/mol. The molecule has 22 heavy (non-hydrogen) atoms. The van der Waals surface area contributed by atoms with Gasteiger partial charge in [-0.1, -0.05) is 0 Å². The fourth-order valence-corrected chi connectivity index (χ4v) is 3.54. The molecule has 0 bridgehead atoms. The molecule has 4 rings (SSSR count). The Labute approximate surface area is 137 Å². The highest BCUT2D eigenvalue weighted by Gasteiger charge is 2.22. The van der Waals surface area contributed by atoms with Crippen LogP contribution in [0.4, 0.5) is 0 Å². The van der Waals surface area contributed by atoms with Gasteiger partial charge < -0.3 is 9.72 Å². The Balaban J connectivity index is 1.48. The second kappa shape index (κ2) is 5.52. The molecule has 1 aliphatic carbocycles. The Morgan fingerprint density at radius 2 is 2.36 bits per heavy atom. The molecule has 3 heterocycles. The number of nitrogens with zero attached hydrogens (tertiary/aromatic N) is 3. The maximum atomic E-state index is 4.45. The lowest BCUT2D eigenvalue weighted by atomic mass is 9.92. The third-order valence-corrected chi connectivity index (χ3v) is 4.93. The lowest BCUT2D eigenvalue weighted by Crippen LogP contribution is -2.34. The van der Waals surface area contributed by atoms with E-state index >= 15 is 0 Å². The van der Waals surface area contributed by atoms with E-state index in [0.29, 0.717) is 6.04 Å². The molecule has 114 valence electrons. The van der Waals surface area contributed by atoms with Gasteiger partial charge in [-0.3, -0.25) is 5.10 Å². The molecular weight excluding hydrogens is 342 g/mol. The van der Waals surface area contributed by atoms with Crippen LogP contribution in [0.25, 0.3) is 5.65 Å². The molecule has 0 spiro atoms. The number of hydrogen-bond donors (Lipinski definition) is 2. The first-order valence-corrected chi connectivity index (χ1v) is 8.37. The SMILES string of the molecule is Cc1[nH]nc2c1CC(NCc1cnc3ccc(Br)cn13)CC2. The first-order chi connectivity index (χ1) is 10.7. The highest BCUT2D eigenvalue weighted by molar-refractivity contribution is 9.10. The van der Waals surface area contributed by atoms with E-state index in [4.69, 9.17) is 0 Å². The molecule has 0 saturated carbocycles. The molecule has 0 saturated heterocycles. The number of nitrogens with one attached hydrogen (secondary N) is 2. The molecule has 0 aliphatic heterocycles. The van der Waals surface area contributed by atoms with Gasteiger partial charge in [0.1, 0.15) is 5.65 Å². The van der Waals surface area contributed by atoms with Crippen molar-refractivity contribution in [2.75, 3.05) is 0 Å². The van der Waals surface area contributed by atoms with E-state index in [1.807, 2.05) is 18.3 Å². The van der Waals surface area contributed by atoms with E-state index in [2.05, 4.69) is 53.9 Å². The molecule has 1 unspecified atom stereocenters. The van der Waals surface area contributed by atoms with Crippen molar-refractivity contribution < 1.29 is 0 Å². The summed E-state index contributed by atoms with van der Waals surface area (Å²) in [5.74, 6) is 0. The number of halogens is 1. The topological polar surface area (TPSA) is 58.0 Å². The maximum Gasteiger partial charge on any atom is 0.136 e. The van der Waals surface area contributed by atoms with E-state index in [9.17, 15) is 0 Å². The van der Waals surface area contributed by atoms with Crippen LogP contribution in [0.1, 0.15) is 29.1 Å². The minimum atomic E-state index is 0.501. The van der Waals surface area contributed by atoms with E-state index in [1.54, 1.807) is 0 Å². The molecular formula is C16H18BrN5. The normalized spacial score (nSPS) is 17.8. The van der Waals surface area contributed by atoms with Crippen molar-refractivity contribution in [2.24, 2.45) is 0 Å². The largest absolute Gasteiger partial charge is 0.308 e. The van der Waals surface area contributed by atoms with Crippen LogP contribution in [0.3, 0.4) is 0 Å². The highest BCUT2D eigenvalue weighted by atomic mass is 79.9. The summed E-state index contributed by atoms with van der Waals surface area (Å²) in [4.78, 5) is 4.45. The average Bonchev–Trinajstić information content (AvgIpc) is 3.09. The van der Waals surface area contributed by atoms with Crippen LogP contribution in [-0.4, -0.2) is 25.6 Å². The second-order valence-electron chi connectivity index (χ2n) is 5.92. The summed E-state index contributed by atoms with van der Waals surface area (Å²) in [7, 11) is 0. The standard InChI is InChI=1S/C16H18BrN5/c1-10-14-6-12(3-4-15(14)21-20-10)18-7-13-8-19-16-5-2-11(17)9-22(13)16/h2,5,8-9,12,18H,3-4,6-7H2,1H3,(H,20,21). The van der Waals surface area contributed by atoms with E-state index in [0.717, 1.165) is 35.9 Å². The predicted octanol–water partition coefficient (Wildman–Crippen LogP) is 2.78. The molecule has 6 heteroatoms. The lowest BCUT2D eigenvalue weighted by molar-refractivity contribution is 0.451. The monoisotopic (exact) mass is 359 g/mol. The molecule has 2 N–H and O–H groups in total. The Morgan fingerprint density at radius 3 is 3.27 bits per heavy atom. The van der Waals surface area contributed by atoms with Gasteiger partial charge in [0.05, 0.1) is 17.6 Å². The van der Waals surface area contributed by atoms with Crippen LogP contribution in [0.15, 0.2) is 29.0 Å². The first kappa shape index (κ1) is 14.0. The van der Waals surface area contributed by atoms with Crippen LogP contribution in [0.5, 0.6) is 0 Å². The summed E-state index contributed by atoms with van der Waals surface area (Å²) >= 11 is 3.52. The number of pyridine rings is 1.